The minimum absolute atomic E-state index is 0.0199. The monoisotopic (exact) mass is 213 g/mol. The van der Waals surface area contributed by atoms with Crippen LogP contribution >= 0.6 is 11.3 Å². The van der Waals surface area contributed by atoms with Crippen LogP contribution in [0.3, 0.4) is 0 Å². The number of nitrogens with zero attached hydrogens (tertiary/aromatic N) is 1. The van der Waals surface area contributed by atoms with Crippen LogP contribution in [0.25, 0.3) is 0 Å². The molecule has 0 aliphatic heterocycles. The fourth-order valence-corrected chi connectivity index (χ4v) is 1.48. The van der Waals surface area contributed by atoms with E-state index in [1.807, 2.05) is 12.3 Å². The fourth-order valence-electron chi connectivity index (χ4n) is 0.780. The van der Waals surface area contributed by atoms with Crippen LogP contribution < -0.4 is 10.6 Å². The molecule has 0 radical (unpaired) electrons. The second-order valence-corrected chi connectivity index (χ2v) is 3.61. The zero-order valence-corrected chi connectivity index (χ0v) is 8.77. The highest BCUT2D eigenvalue weighted by Crippen LogP contribution is 2.13. The molecule has 0 aliphatic rings. The van der Waals surface area contributed by atoms with Crippen LogP contribution in [-0.2, 0) is 9.59 Å². The minimum atomic E-state index is -0.269. The zero-order chi connectivity index (χ0) is 10.6. The van der Waals surface area contributed by atoms with Crippen LogP contribution in [0, 0.1) is 6.92 Å². The first-order chi connectivity index (χ1) is 6.58. The van der Waals surface area contributed by atoms with E-state index in [-0.39, 0.29) is 18.4 Å². The van der Waals surface area contributed by atoms with Crippen LogP contribution in [-0.4, -0.2) is 23.3 Å². The van der Waals surface area contributed by atoms with Crippen molar-refractivity contribution in [1.82, 2.24) is 10.3 Å². The molecule has 0 atom stereocenters. The summed E-state index contributed by atoms with van der Waals surface area (Å²) in [6, 6.07) is 0. The largest absolute Gasteiger partial charge is 0.347 e. The Kier molecular flexibility index (Phi) is 3.58. The van der Waals surface area contributed by atoms with Gasteiger partial charge in [-0.25, -0.2) is 4.98 Å². The maximum atomic E-state index is 11.2. The van der Waals surface area contributed by atoms with Crippen molar-refractivity contribution in [2.75, 3.05) is 11.9 Å². The molecule has 5 nitrogen and oxygen atoms in total. The van der Waals surface area contributed by atoms with Gasteiger partial charge in [-0.2, -0.15) is 0 Å². The number of nitrogens with one attached hydrogen (secondary N) is 2. The molecule has 0 aromatic carbocycles. The fraction of sp³-hybridized carbons (Fsp3) is 0.375. The predicted octanol–water partition coefficient (Wildman–Crippen LogP) is 0.526. The third-order valence-corrected chi connectivity index (χ3v) is 2.24. The van der Waals surface area contributed by atoms with Crippen LogP contribution in [0.4, 0.5) is 5.13 Å². The van der Waals surface area contributed by atoms with Gasteiger partial charge in [-0.15, -0.1) is 11.3 Å². The number of aryl methyl sites for hydroxylation is 1. The van der Waals surface area contributed by atoms with Gasteiger partial charge in [0.2, 0.25) is 11.8 Å². The van der Waals surface area contributed by atoms with Gasteiger partial charge in [0, 0.05) is 12.3 Å². The Hall–Kier alpha value is -1.43. The van der Waals surface area contributed by atoms with Crippen molar-refractivity contribution in [3.8, 4) is 0 Å². The molecule has 0 saturated heterocycles. The molecule has 0 saturated carbocycles. The van der Waals surface area contributed by atoms with E-state index in [0.29, 0.717) is 5.13 Å². The third kappa shape index (κ3) is 3.53. The summed E-state index contributed by atoms with van der Waals surface area (Å²) in [7, 11) is 0. The maximum absolute atomic E-state index is 11.2. The lowest BCUT2D eigenvalue weighted by Crippen LogP contribution is -2.31. The first-order valence-electron chi connectivity index (χ1n) is 4.04. The van der Waals surface area contributed by atoms with E-state index < -0.39 is 0 Å². The molecule has 2 amide bonds. The second kappa shape index (κ2) is 4.71. The van der Waals surface area contributed by atoms with Gasteiger partial charge in [-0.3, -0.25) is 9.59 Å². The van der Waals surface area contributed by atoms with Crippen molar-refractivity contribution in [2.24, 2.45) is 0 Å². The Morgan fingerprint density at radius 2 is 2.29 bits per heavy atom. The highest BCUT2D eigenvalue weighted by atomic mass is 32.1. The number of aromatic nitrogens is 1. The van der Waals surface area contributed by atoms with Crippen molar-refractivity contribution in [1.29, 1.82) is 0 Å². The Balaban J connectivity index is 2.37. The summed E-state index contributed by atoms with van der Waals surface area (Å²) in [5.74, 6) is -0.495. The summed E-state index contributed by atoms with van der Waals surface area (Å²) in [5, 5.41) is 7.36. The van der Waals surface area contributed by atoms with Crippen molar-refractivity contribution >= 4 is 28.3 Å². The highest BCUT2D eigenvalue weighted by molar-refractivity contribution is 7.13. The van der Waals surface area contributed by atoms with Crippen LogP contribution in [0.5, 0.6) is 0 Å². The topological polar surface area (TPSA) is 71.1 Å². The number of carbonyl (C=O) groups is 2. The average molecular weight is 213 g/mol. The van der Waals surface area contributed by atoms with Crippen LogP contribution in [0.1, 0.15) is 12.6 Å². The number of hydrogen-bond donors (Lipinski definition) is 2. The first-order valence-corrected chi connectivity index (χ1v) is 4.92. The molecule has 0 aliphatic carbocycles. The lowest BCUT2D eigenvalue weighted by molar-refractivity contribution is -0.122. The second-order valence-electron chi connectivity index (χ2n) is 2.75. The SMILES string of the molecule is CC(=O)NCC(=O)Nc1nc(C)cs1. The summed E-state index contributed by atoms with van der Waals surface area (Å²) in [4.78, 5) is 25.7. The summed E-state index contributed by atoms with van der Waals surface area (Å²) in [6.45, 7) is 3.19. The molecule has 1 aromatic rings. The van der Waals surface area contributed by atoms with Gasteiger partial charge in [0.15, 0.2) is 5.13 Å². The standard InChI is InChI=1S/C8H11N3O2S/c1-5-4-14-8(10-5)11-7(13)3-9-6(2)12/h4H,3H2,1-2H3,(H,9,12)(H,10,11,13). The van der Waals surface area contributed by atoms with Gasteiger partial charge < -0.3 is 10.6 Å². The number of hydrogen-bond acceptors (Lipinski definition) is 4. The van der Waals surface area contributed by atoms with E-state index in [9.17, 15) is 9.59 Å². The lowest BCUT2D eigenvalue weighted by Gasteiger charge is -2.01. The molecule has 0 fully saturated rings. The van der Waals surface area contributed by atoms with Crippen LogP contribution in [0.15, 0.2) is 5.38 Å². The molecular weight excluding hydrogens is 202 g/mol. The Labute approximate surface area is 85.5 Å². The molecular formula is C8H11N3O2S. The summed E-state index contributed by atoms with van der Waals surface area (Å²) in [6.07, 6.45) is 0. The lowest BCUT2D eigenvalue weighted by atomic mass is 10.5. The average Bonchev–Trinajstić information content (AvgIpc) is 2.48. The van der Waals surface area contributed by atoms with E-state index in [4.69, 9.17) is 0 Å². The van der Waals surface area contributed by atoms with Crippen LogP contribution in [0.2, 0.25) is 0 Å². The maximum Gasteiger partial charge on any atom is 0.245 e. The number of thiazole rings is 1. The normalized spacial score (nSPS) is 9.57. The summed E-state index contributed by atoms with van der Waals surface area (Å²) in [5.41, 5.74) is 0.866. The van der Waals surface area contributed by atoms with Gasteiger partial charge in [0.25, 0.3) is 0 Å². The third-order valence-electron chi connectivity index (χ3n) is 1.36. The van der Waals surface area contributed by atoms with Crippen molar-refractivity contribution in [2.45, 2.75) is 13.8 Å². The zero-order valence-electron chi connectivity index (χ0n) is 7.96. The molecule has 6 heteroatoms. The first kappa shape index (κ1) is 10.6. The molecule has 76 valence electrons. The molecule has 1 heterocycles. The van der Waals surface area contributed by atoms with E-state index in [1.54, 1.807) is 0 Å². The van der Waals surface area contributed by atoms with Crippen molar-refractivity contribution < 1.29 is 9.59 Å². The van der Waals surface area contributed by atoms with Crippen molar-refractivity contribution in [3.63, 3.8) is 0 Å². The molecule has 1 rings (SSSR count). The smallest absolute Gasteiger partial charge is 0.245 e. The molecule has 1 aromatic heterocycles. The Morgan fingerprint density at radius 3 is 2.79 bits per heavy atom. The molecule has 0 bridgehead atoms. The van der Waals surface area contributed by atoms with Gasteiger partial charge in [0.1, 0.15) is 0 Å². The van der Waals surface area contributed by atoms with E-state index in [1.165, 1.54) is 18.3 Å². The van der Waals surface area contributed by atoms with E-state index >= 15 is 0 Å². The van der Waals surface area contributed by atoms with E-state index in [2.05, 4.69) is 15.6 Å². The number of amides is 2. The summed E-state index contributed by atoms with van der Waals surface area (Å²) < 4.78 is 0. The number of carbonyl (C=O) groups excluding carboxylic acids is 2. The van der Waals surface area contributed by atoms with Gasteiger partial charge in [-0.1, -0.05) is 0 Å². The molecule has 2 N–H and O–H groups in total. The minimum Gasteiger partial charge on any atom is -0.347 e. The molecule has 14 heavy (non-hydrogen) atoms. The van der Waals surface area contributed by atoms with Gasteiger partial charge in [-0.05, 0) is 6.92 Å². The Bertz CT molecular complexity index is 348. The quantitative estimate of drug-likeness (QED) is 0.769. The molecule has 0 spiro atoms. The number of anilines is 1. The predicted molar refractivity (Wildman–Crippen MR) is 54.2 cm³/mol. The van der Waals surface area contributed by atoms with E-state index in [0.717, 1.165) is 5.69 Å². The Morgan fingerprint density at radius 1 is 1.57 bits per heavy atom. The van der Waals surface area contributed by atoms with Gasteiger partial charge in [0.05, 0.1) is 12.2 Å². The number of rotatable bonds is 3. The van der Waals surface area contributed by atoms with Gasteiger partial charge >= 0.3 is 0 Å². The van der Waals surface area contributed by atoms with Crippen molar-refractivity contribution in [3.05, 3.63) is 11.1 Å². The molecule has 0 unspecified atom stereocenters. The highest BCUT2D eigenvalue weighted by Gasteiger charge is 2.04. The summed E-state index contributed by atoms with van der Waals surface area (Å²) >= 11 is 1.36.